The first-order valence-corrected chi connectivity index (χ1v) is 6.34. The summed E-state index contributed by atoms with van der Waals surface area (Å²) < 4.78 is 37.8. The molecule has 1 N–H and O–H groups in total. The summed E-state index contributed by atoms with van der Waals surface area (Å²) in [6.07, 6.45) is -5.24. The van der Waals surface area contributed by atoms with Crippen molar-refractivity contribution in [1.29, 1.82) is 0 Å². The molecule has 0 spiro atoms. The summed E-state index contributed by atoms with van der Waals surface area (Å²) in [7, 11) is 0. The summed E-state index contributed by atoms with van der Waals surface area (Å²) in [4.78, 5) is 0. The van der Waals surface area contributed by atoms with E-state index in [-0.39, 0.29) is 6.42 Å². The van der Waals surface area contributed by atoms with Crippen LogP contribution in [0.15, 0.2) is 48.5 Å². The number of hydrogen-bond donors (Lipinski definition) is 1. The molecule has 0 aromatic heterocycles. The summed E-state index contributed by atoms with van der Waals surface area (Å²) >= 11 is 5.95. The smallest absolute Gasteiger partial charge is 0.388 e. The van der Waals surface area contributed by atoms with Crippen LogP contribution in [0.25, 0.3) is 0 Å². The van der Waals surface area contributed by atoms with Crippen LogP contribution >= 0.6 is 11.6 Å². The maximum absolute atomic E-state index is 12.6. The van der Waals surface area contributed by atoms with Gasteiger partial charge in [-0.3, -0.25) is 0 Å². The van der Waals surface area contributed by atoms with Crippen LogP contribution in [0.5, 0.6) is 0 Å². The Kier molecular flexibility index (Phi) is 4.35. The Morgan fingerprint density at radius 3 is 2.40 bits per heavy atom. The molecule has 0 aliphatic heterocycles. The van der Waals surface area contributed by atoms with Crippen LogP contribution in [-0.2, 0) is 12.6 Å². The molecular formula is C15H12ClF3O. The lowest BCUT2D eigenvalue weighted by Crippen LogP contribution is -2.07. The highest BCUT2D eigenvalue weighted by atomic mass is 35.5. The fourth-order valence-electron chi connectivity index (χ4n) is 1.95. The molecule has 0 aliphatic rings. The third-order valence-corrected chi connectivity index (χ3v) is 3.29. The van der Waals surface area contributed by atoms with Gasteiger partial charge >= 0.3 is 6.18 Å². The van der Waals surface area contributed by atoms with Gasteiger partial charge in [0.25, 0.3) is 0 Å². The SMILES string of the molecule is OC(Cc1cccc(C(F)(F)F)c1)c1ccccc1Cl. The molecule has 0 heterocycles. The van der Waals surface area contributed by atoms with E-state index in [0.29, 0.717) is 16.1 Å². The van der Waals surface area contributed by atoms with Gasteiger partial charge in [-0.1, -0.05) is 48.0 Å². The van der Waals surface area contributed by atoms with Crippen molar-refractivity contribution in [2.24, 2.45) is 0 Å². The van der Waals surface area contributed by atoms with E-state index in [9.17, 15) is 18.3 Å². The first-order valence-electron chi connectivity index (χ1n) is 5.96. The van der Waals surface area contributed by atoms with E-state index in [1.165, 1.54) is 6.07 Å². The summed E-state index contributed by atoms with van der Waals surface area (Å²) in [5, 5.41) is 10.5. The van der Waals surface area contributed by atoms with Gasteiger partial charge in [-0.15, -0.1) is 0 Å². The maximum atomic E-state index is 12.6. The van der Waals surface area contributed by atoms with Crippen LogP contribution in [-0.4, -0.2) is 5.11 Å². The van der Waals surface area contributed by atoms with Crippen molar-refractivity contribution in [2.75, 3.05) is 0 Å². The fraction of sp³-hybridized carbons (Fsp3) is 0.200. The van der Waals surface area contributed by atoms with E-state index in [2.05, 4.69) is 0 Å². The van der Waals surface area contributed by atoms with E-state index >= 15 is 0 Å². The van der Waals surface area contributed by atoms with Crippen LogP contribution in [0.1, 0.15) is 22.8 Å². The van der Waals surface area contributed by atoms with Crippen molar-refractivity contribution < 1.29 is 18.3 Å². The quantitative estimate of drug-likeness (QED) is 0.876. The zero-order valence-electron chi connectivity index (χ0n) is 10.4. The highest BCUT2D eigenvalue weighted by Gasteiger charge is 2.30. The second kappa shape index (κ2) is 5.85. The Balaban J connectivity index is 2.20. The average molecular weight is 301 g/mol. The zero-order chi connectivity index (χ0) is 14.8. The molecule has 0 amide bonds. The van der Waals surface area contributed by atoms with E-state index in [4.69, 9.17) is 11.6 Å². The van der Waals surface area contributed by atoms with Gasteiger partial charge in [-0.2, -0.15) is 13.2 Å². The molecule has 5 heteroatoms. The first-order chi connectivity index (χ1) is 9.38. The number of aliphatic hydroxyl groups is 1. The predicted molar refractivity (Wildman–Crippen MR) is 71.6 cm³/mol. The molecule has 0 saturated heterocycles. The third-order valence-electron chi connectivity index (χ3n) is 2.95. The Bertz CT molecular complexity index is 596. The number of halogens is 4. The average Bonchev–Trinajstić information content (AvgIpc) is 2.38. The molecule has 0 fully saturated rings. The van der Waals surface area contributed by atoms with Crippen molar-refractivity contribution in [3.8, 4) is 0 Å². The molecule has 2 aromatic rings. The summed E-state index contributed by atoms with van der Waals surface area (Å²) in [6.45, 7) is 0. The van der Waals surface area contributed by atoms with Crippen molar-refractivity contribution in [3.05, 3.63) is 70.2 Å². The third kappa shape index (κ3) is 3.52. The lowest BCUT2D eigenvalue weighted by molar-refractivity contribution is -0.137. The number of aliphatic hydroxyl groups excluding tert-OH is 1. The Hall–Kier alpha value is -1.52. The number of rotatable bonds is 3. The van der Waals surface area contributed by atoms with E-state index < -0.39 is 17.8 Å². The number of benzene rings is 2. The van der Waals surface area contributed by atoms with Crippen molar-refractivity contribution in [3.63, 3.8) is 0 Å². The number of hydrogen-bond acceptors (Lipinski definition) is 1. The predicted octanol–water partition coefficient (Wildman–Crippen LogP) is 4.63. The van der Waals surface area contributed by atoms with Gasteiger partial charge in [-0.25, -0.2) is 0 Å². The van der Waals surface area contributed by atoms with Crippen LogP contribution < -0.4 is 0 Å². The molecule has 2 rings (SSSR count). The lowest BCUT2D eigenvalue weighted by Gasteiger charge is -2.14. The monoisotopic (exact) mass is 300 g/mol. The molecule has 1 unspecified atom stereocenters. The van der Waals surface area contributed by atoms with Crippen molar-refractivity contribution in [1.82, 2.24) is 0 Å². The minimum Gasteiger partial charge on any atom is -0.388 e. The molecule has 0 aliphatic carbocycles. The molecule has 0 saturated carbocycles. The second-order valence-corrected chi connectivity index (χ2v) is 4.85. The zero-order valence-corrected chi connectivity index (χ0v) is 11.1. The summed E-state index contributed by atoms with van der Waals surface area (Å²) in [5.41, 5.74) is 0.195. The molecule has 106 valence electrons. The largest absolute Gasteiger partial charge is 0.416 e. The van der Waals surface area contributed by atoms with Gasteiger partial charge < -0.3 is 5.11 Å². The summed E-state index contributed by atoms with van der Waals surface area (Å²) in [5.74, 6) is 0. The van der Waals surface area contributed by atoms with Crippen molar-refractivity contribution in [2.45, 2.75) is 18.7 Å². The fourth-order valence-corrected chi connectivity index (χ4v) is 2.21. The minimum atomic E-state index is -4.38. The Morgan fingerprint density at radius 1 is 1.05 bits per heavy atom. The van der Waals surface area contributed by atoms with Crippen LogP contribution in [0.2, 0.25) is 5.02 Å². The standard InChI is InChI=1S/C15H12ClF3O/c16-13-7-2-1-6-12(13)14(20)9-10-4-3-5-11(8-10)15(17,18)19/h1-8,14,20H,9H2. The molecule has 20 heavy (non-hydrogen) atoms. The minimum absolute atomic E-state index is 0.0770. The summed E-state index contributed by atoms with van der Waals surface area (Å²) in [6, 6.07) is 11.7. The van der Waals surface area contributed by atoms with E-state index in [1.54, 1.807) is 30.3 Å². The topological polar surface area (TPSA) is 20.2 Å². The first kappa shape index (κ1) is 14.9. The van der Waals surface area contributed by atoms with Gasteiger partial charge in [0.2, 0.25) is 0 Å². The van der Waals surface area contributed by atoms with E-state index in [0.717, 1.165) is 12.1 Å². The molecule has 2 aromatic carbocycles. The molecule has 0 radical (unpaired) electrons. The van der Waals surface area contributed by atoms with Crippen LogP contribution in [0, 0.1) is 0 Å². The van der Waals surface area contributed by atoms with Crippen molar-refractivity contribution >= 4 is 11.6 Å². The lowest BCUT2D eigenvalue weighted by atomic mass is 10.00. The maximum Gasteiger partial charge on any atom is 0.416 e. The number of alkyl halides is 3. The van der Waals surface area contributed by atoms with E-state index in [1.807, 2.05) is 0 Å². The molecular weight excluding hydrogens is 289 g/mol. The van der Waals surface area contributed by atoms with Gasteiger partial charge in [0.05, 0.1) is 11.7 Å². The second-order valence-electron chi connectivity index (χ2n) is 4.44. The normalized spacial score (nSPS) is 13.2. The van der Waals surface area contributed by atoms with Gasteiger partial charge in [0.1, 0.15) is 0 Å². The van der Waals surface area contributed by atoms with Gasteiger partial charge in [-0.05, 0) is 23.3 Å². The molecule has 1 nitrogen and oxygen atoms in total. The van der Waals surface area contributed by atoms with Gasteiger partial charge in [0, 0.05) is 11.4 Å². The Morgan fingerprint density at radius 2 is 1.75 bits per heavy atom. The molecule has 0 bridgehead atoms. The Labute approximate surface area is 119 Å². The van der Waals surface area contributed by atoms with Crippen LogP contribution in [0.4, 0.5) is 13.2 Å². The molecule has 1 atom stereocenters. The highest BCUT2D eigenvalue weighted by Crippen LogP contribution is 2.31. The van der Waals surface area contributed by atoms with Gasteiger partial charge in [0.15, 0.2) is 0 Å². The highest BCUT2D eigenvalue weighted by molar-refractivity contribution is 6.31. The van der Waals surface area contributed by atoms with Crippen LogP contribution in [0.3, 0.4) is 0 Å².